The largest absolute Gasteiger partial charge is 0.383 e. The number of hydrogen-bond donors (Lipinski definition) is 2. The molecule has 18 heteroatoms. The molecule has 0 unspecified atom stereocenters. The van der Waals surface area contributed by atoms with E-state index in [2.05, 4.69) is 166 Å². The van der Waals surface area contributed by atoms with Crippen LogP contribution in [0.15, 0.2) is 116 Å². The summed E-state index contributed by atoms with van der Waals surface area (Å²) in [6, 6.07) is 27.8. The van der Waals surface area contributed by atoms with Gasteiger partial charge in [0.15, 0.2) is 24.0 Å². The molecule has 0 atom stereocenters. The lowest BCUT2D eigenvalue weighted by Gasteiger charge is -2.07. The maximum Gasteiger partial charge on any atom is 0.256 e. The summed E-state index contributed by atoms with van der Waals surface area (Å²) in [6.07, 6.45) is 8.22. The fourth-order valence-corrected chi connectivity index (χ4v) is 6.83. The average molecular weight is 1450 g/mol. The van der Waals surface area contributed by atoms with Gasteiger partial charge in [-0.25, -0.2) is 24.9 Å². The minimum absolute atomic E-state index is 0.277. The van der Waals surface area contributed by atoms with E-state index in [0.29, 0.717) is 40.7 Å². The van der Waals surface area contributed by atoms with E-state index in [1.807, 2.05) is 67.0 Å². The molecule has 7 rings (SSSR count). The highest BCUT2D eigenvalue weighted by Gasteiger charge is 2.11. The normalized spacial score (nSPS) is 10.0. The highest BCUT2D eigenvalue weighted by molar-refractivity contribution is 14.1. The third-order valence-electron chi connectivity index (χ3n) is 6.97. The van der Waals surface area contributed by atoms with Crippen LogP contribution in [0.2, 0.25) is 0 Å². The highest BCUT2D eigenvalue weighted by atomic mass is 127. The lowest BCUT2D eigenvalue weighted by atomic mass is 10.2. The molecule has 3 aromatic carbocycles. The first-order valence-electron chi connectivity index (χ1n) is 15.8. The smallest absolute Gasteiger partial charge is 0.256 e. The van der Waals surface area contributed by atoms with Crippen molar-refractivity contribution in [3.8, 4) is 11.4 Å². The summed E-state index contributed by atoms with van der Waals surface area (Å²) in [5, 5.41) is 3.20. The molecule has 288 valence electrons. The van der Waals surface area contributed by atoms with Gasteiger partial charge < -0.3 is 11.1 Å². The number of aldehydes is 2. The van der Waals surface area contributed by atoms with Gasteiger partial charge in [0.1, 0.15) is 11.6 Å². The Bertz CT molecular complexity index is 2520. The third kappa shape index (κ3) is 15.5. The number of carbonyl (C=O) groups is 4. The zero-order valence-electron chi connectivity index (χ0n) is 28.7. The standard InChI is InChI=1S/C13H7I2N3.C13H8I2N2O2.C7H4ClIO.C6H5IN2O/c14-10-3-1-8(2-4-10)12-16-6-9-5-11(15)7-17-13(9)18-12;14-10-3-1-8(2-4-10)13(19)17-12-9(7-18)5-11(15)6-16-12;8-7(10)5-1-3-6(9)4-2-5;7-5-1-4(3-10)6(8)9-2-5/h1-7H;1-7H,(H,16,17,19);1-4H;1-3H,(H2,8,9). The minimum atomic E-state index is -0.406. The number of benzene rings is 3. The van der Waals surface area contributed by atoms with Gasteiger partial charge >= 0.3 is 0 Å². The molecule has 3 N–H and O–H groups in total. The molecule has 0 aliphatic rings. The molecular weight excluding hydrogens is 1430 g/mol. The number of anilines is 2. The Labute approximate surface area is 413 Å². The molecule has 4 aromatic heterocycles. The molecule has 0 bridgehead atoms. The number of nitrogens with two attached hydrogens (primary N) is 1. The first-order valence-corrected chi connectivity index (χ1v) is 22.6. The fraction of sp³-hybridized carbons (Fsp3) is 0. The van der Waals surface area contributed by atoms with E-state index in [9.17, 15) is 19.2 Å². The number of pyridine rings is 3. The zero-order valence-corrected chi connectivity index (χ0v) is 42.4. The van der Waals surface area contributed by atoms with Gasteiger partial charge in [0.25, 0.3) is 11.1 Å². The number of nitrogen functional groups attached to an aromatic ring is 1. The second-order valence-corrected chi connectivity index (χ2v) is 18.8. The second kappa shape index (κ2) is 23.9. The van der Waals surface area contributed by atoms with Crippen LogP contribution in [-0.2, 0) is 0 Å². The SMILES string of the molecule is Ic1ccc(-c2ncc3cc(I)cnc3n2)cc1.Nc1ncc(I)cc1C=O.O=C(Cl)c1ccc(I)cc1.O=Cc1cc(I)cnc1NC(=O)c1ccc(I)cc1. The molecule has 7 aromatic rings. The first kappa shape index (κ1) is 47.1. The molecule has 0 aliphatic heterocycles. The van der Waals surface area contributed by atoms with E-state index in [4.69, 9.17) is 17.3 Å². The number of nitrogens with one attached hydrogen (secondary N) is 1. The number of carbonyl (C=O) groups excluding carboxylic acids is 4. The van der Waals surface area contributed by atoms with Crippen molar-refractivity contribution >= 4 is 194 Å². The predicted octanol–water partition coefficient (Wildman–Crippen LogP) is 11.0. The summed E-state index contributed by atoms with van der Waals surface area (Å²) in [5.41, 5.74) is 8.99. The molecule has 0 spiro atoms. The number of rotatable bonds is 6. The van der Waals surface area contributed by atoms with Crippen molar-refractivity contribution in [2.24, 2.45) is 0 Å². The van der Waals surface area contributed by atoms with E-state index in [0.717, 1.165) is 34.4 Å². The van der Waals surface area contributed by atoms with Gasteiger partial charge in [0, 0.05) is 68.3 Å². The van der Waals surface area contributed by atoms with Gasteiger partial charge in [-0.2, -0.15) is 0 Å². The van der Waals surface area contributed by atoms with Crippen LogP contribution in [0, 0.1) is 21.4 Å². The maximum absolute atomic E-state index is 12.0. The van der Waals surface area contributed by atoms with E-state index in [-0.39, 0.29) is 17.5 Å². The lowest BCUT2D eigenvalue weighted by Crippen LogP contribution is -2.14. The van der Waals surface area contributed by atoms with Gasteiger partial charge in [0.2, 0.25) is 0 Å². The maximum atomic E-state index is 12.0. The molecule has 57 heavy (non-hydrogen) atoms. The number of amides is 1. The molecule has 0 saturated heterocycles. The predicted molar refractivity (Wildman–Crippen MR) is 274 cm³/mol. The quantitative estimate of drug-likeness (QED) is 0.0928. The van der Waals surface area contributed by atoms with Crippen molar-refractivity contribution in [1.82, 2.24) is 24.9 Å². The van der Waals surface area contributed by atoms with Crippen molar-refractivity contribution in [3.05, 3.63) is 159 Å². The van der Waals surface area contributed by atoms with E-state index >= 15 is 0 Å². The molecule has 0 aliphatic carbocycles. The summed E-state index contributed by atoms with van der Waals surface area (Å²) >= 11 is 18.2. The Morgan fingerprint density at radius 1 is 0.579 bits per heavy atom. The van der Waals surface area contributed by atoms with Crippen LogP contribution in [-0.4, -0.2) is 48.6 Å². The van der Waals surface area contributed by atoms with Gasteiger partial charge in [-0.1, -0.05) is 12.1 Å². The molecule has 4 heterocycles. The molecule has 0 saturated carbocycles. The Hall–Kier alpha value is -2.60. The van der Waals surface area contributed by atoms with Crippen molar-refractivity contribution in [3.63, 3.8) is 0 Å². The Balaban J connectivity index is 0.000000176. The van der Waals surface area contributed by atoms with Crippen LogP contribution in [0.4, 0.5) is 11.6 Å². The number of nitrogens with zero attached hydrogens (tertiary/aromatic N) is 5. The lowest BCUT2D eigenvalue weighted by molar-refractivity contribution is 0.102. The summed E-state index contributed by atoms with van der Waals surface area (Å²) in [6.45, 7) is 0. The van der Waals surface area contributed by atoms with E-state index in [1.165, 1.54) is 3.57 Å². The van der Waals surface area contributed by atoms with Crippen LogP contribution in [0.5, 0.6) is 0 Å². The number of aromatic nitrogens is 5. The molecule has 0 radical (unpaired) electrons. The minimum Gasteiger partial charge on any atom is -0.383 e. The fourth-order valence-electron chi connectivity index (χ4n) is 4.21. The zero-order chi connectivity index (χ0) is 41.5. The van der Waals surface area contributed by atoms with Crippen LogP contribution < -0.4 is 11.1 Å². The summed E-state index contributed by atoms with van der Waals surface area (Å²) in [7, 11) is 0. The van der Waals surface area contributed by atoms with E-state index in [1.54, 1.807) is 48.8 Å². The van der Waals surface area contributed by atoms with Gasteiger partial charge in [-0.05, 0) is 226 Å². The summed E-state index contributed by atoms with van der Waals surface area (Å²) in [5.74, 6) is 0.996. The van der Waals surface area contributed by atoms with Crippen LogP contribution in [0.25, 0.3) is 22.4 Å². The van der Waals surface area contributed by atoms with Crippen LogP contribution >= 0.6 is 147 Å². The number of fused-ring (bicyclic) bond motifs is 1. The van der Waals surface area contributed by atoms with Crippen LogP contribution in [0.3, 0.4) is 0 Å². The Morgan fingerprint density at radius 2 is 1.07 bits per heavy atom. The number of hydrogen-bond acceptors (Lipinski definition) is 10. The molecule has 0 fully saturated rings. The monoisotopic (exact) mass is 1450 g/mol. The van der Waals surface area contributed by atoms with Crippen molar-refractivity contribution in [2.75, 3.05) is 11.1 Å². The summed E-state index contributed by atoms with van der Waals surface area (Å²) < 4.78 is 6.19. The summed E-state index contributed by atoms with van der Waals surface area (Å²) in [4.78, 5) is 64.8. The van der Waals surface area contributed by atoms with Gasteiger partial charge in [0.05, 0.1) is 11.1 Å². The average Bonchev–Trinajstić information content (AvgIpc) is 3.20. The van der Waals surface area contributed by atoms with Crippen molar-refractivity contribution in [2.45, 2.75) is 0 Å². The van der Waals surface area contributed by atoms with Crippen LogP contribution in [0.1, 0.15) is 41.4 Å². The number of halogens is 7. The Kier molecular flexibility index (Phi) is 19.7. The second-order valence-electron chi connectivity index (χ2n) is 11.0. The Morgan fingerprint density at radius 3 is 1.61 bits per heavy atom. The van der Waals surface area contributed by atoms with Gasteiger partial charge in [-0.15, -0.1) is 0 Å². The molecule has 11 nitrogen and oxygen atoms in total. The van der Waals surface area contributed by atoms with Gasteiger partial charge in [-0.3, -0.25) is 19.2 Å². The van der Waals surface area contributed by atoms with Crippen molar-refractivity contribution < 1.29 is 19.2 Å². The first-order chi connectivity index (χ1) is 27.3. The van der Waals surface area contributed by atoms with E-state index < -0.39 is 5.24 Å². The highest BCUT2D eigenvalue weighted by Crippen LogP contribution is 2.20. The third-order valence-corrected chi connectivity index (χ3v) is 11.1. The molecular formula is C39H24ClI6N7O4. The molecule has 1 amide bonds. The topological polar surface area (TPSA) is 171 Å². The van der Waals surface area contributed by atoms with Crippen molar-refractivity contribution in [1.29, 1.82) is 0 Å².